The van der Waals surface area contributed by atoms with Crippen molar-refractivity contribution in [2.24, 2.45) is 0 Å². The van der Waals surface area contributed by atoms with Gasteiger partial charge in [0.2, 0.25) is 0 Å². The van der Waals surface area contributed by atoms with Crippen LogP contribution in [-0.4, -0.2) is 16.0 Å². The standard InChI is InChI=1S/C14H17N3S/c1-10-11(9-16-17-10)8-15-13-6-7-18-14-5-3-2-4-12(13)14/h2-5,9,13,15H,6-8H2,1H3,(H,16,17). The molecular weight excluding hydrogens is 242 g/mol. The molecule has 1 aliphatic rings. The van der Waals surface area contributed by atoms with Gasteiger partial charge in [0.25, 0.3) is 0 Å². The molecule has 18 heavy (non-hydrogen) atoms. The average Bonchev–Trinajstić information content (AvgIpc) is 2.82. The van der Waals surface area contributed by atoms with Gasteiger partial charge in [-0.1, -0.05) is 18.2 Å². The molecular formula is C14H17N3S. The van der Waals surface area contributed by atoms with Crippen LogP contribution >= 0.6 is 11.8 Å². The number of hydrogen-bond acceptors (Lipinski definition) is 3. The number of thioether (sulfide) groups is 1. The number of fused-ring (bicyclic) bond motifs is 1. The first-order valence-corrected chi connectivity index (χ1v) is 7.27. The van der Waals surface area contributed by atoms with Gasteiger partial charge in [-0.2, -0.15) is 5.10 Å². The van der Waals surface area contributed by atoms with E-state index in [-0.39, 0.29) is 0 Å². The molecule has 0 radical (unpaired) electrons. The van der Waals surface area contributed by atoms with E-state index in [2.05, 4.69) is 46.7 Å². The fourth-order valence-corrected chi connectivity index (χ4v) is 3.47. The molecule has 0 saturated carbocycles. The van der Waals surface area contributed by atoms with E-state index in [0.717, 1.165) is 12.2 Å². The van der Waals surface area contributed by atoms with Gasteiger partial charge in [-0.15, -0.1) is 11.8 Å². The lowest BCUT2D eigenvalue weighted by atomic mass is 10.0. The van der Waals surface area contributed by atoms with Gasteiger partial charge in [0.15, 0.2) is 0 Å². The quantitative estimate of drug-likeness (QED) is 0.890. The van der Waals surface area contributed by atoms with E-state index in [9.17, 15) is 0 Å². The van der Waals surface area contributed by atoms with E-state index in [1.165, 1.54) is 28.2 Å². The zero-order chi connectivity index (χ0) is 12.4. The van der Waals surface area contributed by atoms with Crippen LogP contribution in [0.2, 0.25) is 0 Å². The van der Waals surface area contributed by atoms with Crippen molar-refractivity contribution in [2.45, 2.75) is 30.8 Å². The van der Waals surface area contributed by atoms with Crippen molar-refractivity contribution in [3.05, 3.63) is 47.3 Å². The highest BCUT2D eigenvalue weighted by atomic mass is 32.2. The summed E-state index contributed by atoms with van der Waals surface area (Å²) in [5.41, 5.74) is 3.85. The molecule has 0 bridgehead atoms. The van der Waals surface area contributed by atoms with Gasteiger partial charge in [-0.25, -0.2) is 0 Å². The number of aryl methyl sites for hydroxylation is 1. The highest BCUT2D eigenvalue weighted by Crippen LogP contribution is 2.35. The molecule has 0 aliphatic carbocycles. The third-order valence-corrected chi connectivity index (χ3v) is 4.55. The van der Waals surface area contributed by atoms with E-state index in [0.29, 0.717) is 6.04 Å². The largest absolute Gasteiger partial charge is 0.306 e. The number of nitrogens with zero attached hydrogens (tertiary/aromatic N) is 1. The van der Waals surface area contributed by atoms with Crippen molar-refractivity contribution in [3.63, 3.8) is 0 Å². The minimum atomic E-state index is 0.469. The van der Waals surface area contributed by atoms with Crippen LogP contribution in [0.5, 0.6) is 0 Å². The van der Waals surface area contributed by atoms with Crippen LogP contribution in [0.25, 0.3) is 0 Å². The zero-order valence-electron chi connectivity index (χ0n) is 10.4. The lowest BCUT2D eigenvalue weighted by Gasteiger charge is -2.25. The lowest BCUT2D eigenvalue weighted by Crippen LogP contribution is -2.24. The molecule has 1 aromatic carbocycles. The SMILES string of the molecule is Cc1[nH]ncc1CNC1CCSc2ccccc21. The molecule has 0 amide bonds. The van der Waals surface area contributed by atoms with Crippen molar-refractivity contribution in [1.29, 1.82) is 0 Å². The zero-order valence-corrected chi connectivity index (χ0v) is 11.3. The van der Waals surface area contributed by atoms with Crippen molar-refractivity contribution in [2.75, 3.05) is 5.75 Å². The van der Waals surface area contributed by atoms with E-state index in [1.807, 2.05) is 18.0 Å². The van der Waals surface area contributed by atoms with Crippen LogP contribution < -0.4 is 5.32 Å². The van der Waals surface area contributed by atoms with Crippen LogP contribution in [-0.2, 0) is 6.54 Å². The van der Waals surface area contributed by atoms with Crippen LogP contribution in [0.1, 0.15) is 29.3 Å². The predicted molar refractivity (Wildman–Crippen MR) is 74.7 cm³/mol. The Morgan fingerprint density at radius 2 is 2.33 bits per heavy atom. The van der Waals surface area contributed by atoms with Crippen molar-refractivity contribution in [3.8, 4) is 0 Å². The normalized spacial score (nSPS) is 18.6. The Labute approximate surface area is 111 Å². The predicted octanol–water partition coefficient (Wildman–Crippen LogP) is 3.04. The maximum absolute atomic E-state index is 4.06. The summed E-state index contributed by atoms with van der Waals surface area (Å²) in [5.74, 6) is 1.19. The van der Waals surface area contributed by atoms with Crippen LogP contribution in [0.3, 0.4) is 0 Å². The third-order valence-electron chi connectivity index (χ3n) is 3.43. The minimum Gasteiger partial charge on any atom is -0.306 e. The Hall–Kier alpha value is -1.26. The smallest absolute Gasteiger partial charge is 0.0535 e. The van der Waals surface area contributed by atoms with Gasteiger partial charge in [0, 0.05) is 28.7 Å². The molecule has 2 aromatic rings. The summed E-state index contributed by atoms with van der Waals surface area (Å²) in [6, 6.07) is 9.17. The molecule has 0 fully saturated rings. The molecule has 3 nitrogen and oxygen atoms in total. The Bertz CT molecular complexity index is 535. The number of aromatic nitrogens is 2. The average molecular weight is 259 g/mol. The monoisotopic (exact) mass is 259 g/mol. The second-order valence-corrected chi connectivity index (χ2v) is 5.77. The molecule has 1 unspecified atom stereocenters. The van der Waals surface area contributed by atoms with E-state index < -0.39 is 0 Å². The number of benzene rings is 1. The topological polar surface area (TPSA) is 40.7 Å². The first-order valence-electron chi connectivity index (χ1n) is 6.28. The molecule has 1 aromatic heterocycles. The van der Waals surface area contributed by atoms with Gasteiger partial charge in [-0.3, -0.25) is 5.10 Å². The van der Waals surface area contributed by atoms with Crippen molar-refractivity contribution in [1.82, 2.24) is 15.5 Å². The second kappa shape index (κ2) is 5.16. The minimum absolute atomic E-state index is 0.469. The highest BCUT2D eigenvalue weighted by molar-refractivity contribution is 7.99. The highest BCUT2D eigenvalue weighted by Gasteiger charge is 2.19. The molecule has 1 atom stereocenters. The lowest BCUT2D eigenvalue weighted by molar-refractivity contribution is 0.509. The molecule has 4 heteroatoms. The molecule has 0 saturated heterocycles. The van der Waals surface area contributed by atoms with E-state index in [4.69, 9.17) is 0 Å². The fraction of sp³-hybridized carbons (Fsp3) is 0.357. The summed E-state index contributed by atoms with van der Waals surface area (Å²) in [6.07, 6.45) is 3.10. The van der Waals surface area contributed by atoms with Crippen LogP contribution in [0.15, 0.2) is 35.4 Å². The summed E-state index contributed by atoms with van der Waals surface area (Å²) in [4.78, 5) is 1.42. The number of nitrogens with one attached hydrogen (secondary N) is 2. The van der Waals surface area contributed by atoms with Gasteiger partial charge in [0.05, 0.1) is 6.20 Å². The number of hydrogen-bond donors (Lipinski definition) is 2. The van der Waals surface area contributed by atoms with Crippen LogP contribution in [0.4, 0.5) is 0 Å². The van der Waals surface area contributed by atoms with E-state index >= 15 is 0 Å². The number of aromatic amines is 1. The molecule has 3 rings (SSSR count). The Kier molecular flexibility index (Phi) is 3.39. The van der Waals surface area contributed by atoms with Crippen molar-refractivity contribution < 1.29 is 0 Å². The Morgan fingerprint density at radius 3 is 3.17 bits per heavy atom. The van der Waals surface area contributed by atoms with E-state index in [1.54, 1.807) is 0 Å². The Morgan fingerprint density at radius 1 is 1.44 bits per heavy atom. The maximum Gasteiger partial charge on any atom is 0.0535 e. The first-order chi connectivity index (χ1) is 8.84. The summed E-state index contributed by atoms with van der Waals surface area (Å²) in [5, 5.41) is 10.7. The summed E-state index contributed by atoms with van der Waals surface area (Å²) >= 11 is 1.96. The summed E-state index contributed by atoms with van der Waals surface area (Å²) in [7, 11) is 0. The fourth-order valence-electron chi connectivity index (χ4n) is 2.34. The van der Waals surface area contributed by atoms with Gasteiger partial charge >= 0.3 is 0 Å². The van der Waals surface area contributed by atoms with Gasteiger partial charge in [-0.05, 0) is 30.7 Å². The number of rotatable bonds is 3. The third kappa shape index (κ3) is 2.31. The Balaban J connectivity index is 1.73. The number of H-pyrrole nitrogens is 1. The van der Waals surface area contributed by atoms with Crippen LogP contribution in [0, 0.1) is 6.92 Å². The molecule has 1 aliphatic heterocycles. The molecule has 2 N–H and O–H groups in total. The molecule has 0 spiro atoms. The second-order valence-electron chi connectivity index (χ2n) is 4.63. The molecule has 2 heterocycles. The summed E-state index contributed by atoms with van der Waals surface area (Å²) < 4.78 is 0. The van der Waals surface area contributed by atoms with Gasteiger partial charge in [0.1, 0.15) is 0 Å². The molecule has 94 valence electrons. The summed E-state index contributed by atoms with van der Waals surface area (Å²) in [6.45, 7) is 2.95. The van der Waals surface area contributed by atoms with Gasteiger partial charge < -0.3 is 5.32 Å². The maximum atomic E-state index is 4.06. The van der Waals surface area contributed by atoms with Crippen molar-refractivity contribution >= 4 is 11.8 Å². The first kappa shape index (κ1) is 11.8.